The number of benzene rings is 1. The topological polar surface area (TPSA) is 113 Å². The van der Waals surface area contributed by atoms with E-state index >= 15 is 0 Å². The Bertz CT molecular complexity index is 776. The summed E-state index contributed by atoms with van der Waals surface area (Å²) in [6.07, 6.45) is 1.05. The molecule has 2 atom stereocenters. The Balaban J connectivity index is 2.12. The van der Waals surface area contributed by atoms with Crippen molar-refractivity contribution in [2.75, 3.05) is 20.2 Å². The number of nitrogens with zero attached hydrogens (tertiary/aromatic N) is 1. The predicted octanol–water partition coefficient (Wildman–Crippen LogP) is 1.32. The molecular formula is C18H26N2O6S. The number of hydrogen-bond donors (Lipinski definition) is 2. The number of carboxylic acids is 1. The number of carboxylic acid groups (broad SMARTS) is 1. The second-order valence-corrected chi connectivity index (χ2v) is 8.88. The van der Waals surface area contributed by atoms with Crippen molar-refractivity contribution < 1.29 is 27.9 Å². The molecule has 0 spiro atoms. The number of nitrogens with one attached hydrogen (secondary N) is 1. The summed E-state index contributed by atoms with van der Waals surface area (Å²) in [5.74, 6) is -1.82. The first kappa shape index (κ1) is 21.2. The molecule has 1 aliphatic heterocycles. The number of carbonyl (C=O) groups is 2. The lowest BCUT2D eigenvalue weighted by Gasteiger charge is -2.32. The molecule has 2 N–H and O–H groups in total. The van der Waals surface area contributed by atoms with Crippen molar-refractivity contribution in [3.8, 4) is 5.75 Å². The molecule has 1 amide bonds. The molecule has 1 heterocycles. The molecule has 150 valence electrons. The summed E-state index contributed by atoms with van der Waals surface area (Å²) in [5.41, 5.74) is 0. The van der Waals surface area contributed by atoms with Gasteiger partial charge in [0, 0.05) is 13.1 Å². The normalized spacial score (nSPS) is 19.5. The van der Waals surface area contributed by atoms with Crippen LogP contribution >= 0.6 is 0 Å². The molecule has 1 aromatic carbocycles. The van der Waals surface area contributed by atoms with E-state index < -0.39 is 33.9 Å². The van der Waals surface area contributed by atoms with E-state index in [4.69, 9.17) is 4.74 Å². The number of carbonyl (C=O) groups excluding carboxylic acids is 1. The molecule has 0 aliphatic carbocycles. The van der Waals surface area contributed by atoms with Gasteiger partial charge in [-0.1, -0.05) is 13.8 Å². The molecule has 0 unspecified atom stereocenters. The first-order chi connectivity index (χ1) is 12.7. The van der Waals surface area contributed by atoms with Gasteiger partial charge >= 0.3 is 5.97 Å². The Morgan fingerprint density at radius 2 is 1.89 bits per heavy atom. The maximum absolute atomic E-state index is 12.9. The Kier molecular flexibility index (Phi) is 6.83. The fourth-order valence-corrected chi connectivity index (χ4v) is 4.58. The van der Waals surface area contributed by atoms with Crippen LogP contribution in [0.5, 0.6) is 5.75 Å². The van der Waals surface area contributed by atoms with E-state index in [1.807, 2.05) is 0 Å². The van der Waals surface area contributed by atoms with Crippen LogP contribution in [0.25, 0.3) is 0 Å². The second-order valence-electron chi connectivity index (χ2n) is 6.95. The molecule has 2 rings (SSSR count). The molecule has 9 heteroatoms. The van der Waals surface area contributed by atoms with Crippen LogP contribution < -0.4 is 10.1 Å². The minimum absolute atomic E-state index is 0.0324. The summed E-state index contributed by atoms with van der Waals surface area (Å²) in [5, 5.41) is 11.8. The summed E-state index contributed by atoms with van der Waals surface area (Å²) < 4.78 is 32.0. The Morgan fingerprint density at radius 1 is 1.26 bits per heavy atom. The highest BCUT2D eigenvalue weighted by Gasteiger charge is 2.35. The van der Waals surface area contributed by atoms with Crippen molar-refractivity contribution in [1.29, 1.82) is 0 Å². The van der Waals surface area contributed by atoms with Crippen LogP contribution in [0.15, 0.2) is 29.2 Å². The minimum atomic E-state index is -3.73. The van der Waals surface area contributed by atoms with E-state index in [2.05, 4.69) is 5.32 Å². The van der Waals surface area contributed by atoms with Crippen molar-refractivity contribution in [2.45, 2.75) is 37.6 Å². The lowest BCUT2D eigenvalue weighted by molar-refractivity contribution is -0.144. The standard InChI is InChI=1S/C18H26N2O6S/c1-12(2)16(18(22)23)19-17(21)13-5-4-10-20(11-13)27(24,25)15-8-6-14(26-3)7-9-15/h6-9,12-13,16H,4-5,10-11H2,1-3H3,(H,19,21)(H,22,23)/t13-,16+/m1/s1. The summed E-state index contributed by atoms with van der Waals surface area (Å²) in [7, 11) is -2.23. The molecule has 0 radical (unpaired) electrons. The molecule has 1 aromatic rings. The highest BCUT2D eigenvalue weighted by Crippen LogP contribution is 2.25. The third-order valence-corrected chi connectivity index (χ3v) is 6.56. The van der Waals surface area contributed by atoms with Gasteiger partial charge < -0.3 is 15.2 Å². The molecule has 1 saturated heterocycles. The van der Waals surface area contributed by atoms with E-state index in [-0.39, 0.29) is 17.4 Å². The maximum atomic E-state index is 12.9. The fourth-order valence-electron chi connectivity index (χ4n) is 3.06. The summed E-state index contributed by atoms with van der Waals surface area (Å²) >= 11 is 0. The summed E-state index contributed by atoms with van der Waals surface area (Å²) in [6, 6.07) is 5.09. The van der Waals surface area contributed by atoms with Crippen molar-refractivity contribution in [3.63, 3.8) is 0 Å². The zero-order valence-electron chi connectivity index (χ0n) is 15.7. The smallest absolute Gasteiger partial charge is 0.326 e. The largest absolute Gasteiger partial charge is 0.497 e. The number of amides is 1. The predicted molar refractivity (Wildman–Crippen MR) is 98.9 cm³/mol. The second kappa shape index (κ2) is 8.71. The van der Waals surface area contributed by atoms with Gasteiger partial charge in [-0.05, 0) is 43.0 Å². The number of sulfonamides is 1. The monoisotopic (exact) mass is 398 g/mol. The van der Waals surface area contributed by atoms with Crippen LogP contribution in [0.4, 0.5) is 0 Å². The van der Waals surface area contributed by atoms with Crippen molar-refractivity contribution >= 4 is 21.9 Å². The number of ether oxygens (including phenoxy) is 1. The lowest BCUT2D eigenvalue weighted by Crippen LogP contribution is -2.50. The SMILES string of the molecule is COc1ccc(S(=O)(=O)N2CCC[C@@H](C(=O)N[C@H](C(=O)O)C(C)C)C2)cc1. The third kappa shape index (κ3) is 4.98. The molecule has 1 fully saturated rings. The van der Waals surface area contributed by atoms with Crippen molar-refractivity contribution in [1.82, 2.24) is 9.62 Å². The zero-order chi connectivity index (χ0) is 20.2. The number of methoxy groups -OCH3 is 1. The van der Waals surface area contributed by atoms with Gasteiger partial charge in [0.1, 0.15) is 11.8 Å². The first-order valence-corrected chi connectivity index (χ1v) is 10.3. The average molecular weight is 398 g/mol. The summed E-state index contributed by atoms with van der Waals surface area (Å²) in [4.78, 5) is 23.9. The number of hydrogen-bond acceptors (Lipinski definition) is 5. The Morgan fingerprint density at radius 3 is 2.41 bits per heavy atom. The average Bonchev–Trinajstić information content (AvgIpc) is 2.65. The van der Waals surface area contributed by atoms with Gasteiger partial charge in [-0.2, -0.15) is 4.31 Å². The van der Waals surface area contributed by atoms with E-state index in [9.17, 15) is 23.1 Å². The van der Waals surface area contributed by atoms with Gasteiger partial charge in [0.05, 0.1) is 17.9 Å². The first-order valence-electron chi connectivity index (χ1n) is 8.84. The van der Waals surface area contributed by atoms with Gasteiger partial charge in [0.25, 0.3) is 0 Å². The molecule has 27 heavy (non-hydrogen) atoms. The van der Waals surface area contributed by atoms with Gasteiger partial charge in [-0.15, -0.1) is 0 Å². The van der Waals surface area contributed by atoms with Crippen LogP contribution in [-0.2, 0) is 19.6 Å². The number of rotatable bonds is 7. The molecular weight excluding hydrogens is 372 g/mol. The third-order valence-electron chi connectivity index (χ3n) is 4.68. The van der Waals surface area contributed by atoms with Crippen LogP contribution in [0.1, 0.15) is 26.7 Å². The van der Waals surface area contributed by atoms with Crippen LogP contribution in [0, 0.1) is 11.8 Å². The van der Waals surface area contributed by atoms with Gasteiger partial charge in [0.2, 0.25) is 15.9 Å². The molecule has 1 aliphatic rings. The zero-order valence-corrected chi connectivity index (χ0v) is 16.5. The van der Waals surface area contributed by atoms with Gasteiger partial charge in [-0.25, -0.2) is 13.2 Å². The molecule has 0 aromatic heterocycles. The lowest BCUT2D eigenvalue weighted by atomic mass is 9.97. The van der Waals surface area contributed by atoms with Crippen LogP contribution in [0.3, 0.4) is 0 Å². The van der Waals surface area contributed by atoms with Crippen LogP contribution in [-0.4, -0.2) is 55.9 Å². The van der Waals surface area contributed by atoms with Gasteiger partial charge in [0.15, 0.2) is 0 Å². The van der Waals surface area contributed by atoms with E-state index in [1.165, 1.54) is 23.5 Å². The Labute approximate surface area is 159 Å². The van der Waals surface area contributed by atoms with Gasteiger partial charge in [-0.3, -0.25) is 4.79 Å². The van der Waals surface area contributed by atoms with E-state index in [1.54, 1.807) is 26.0 Å². The number of piperidine rings is 1. The van der Waals surface area contributed by atoms with Crippen molar-refractivity contribution in [2.24, 2.45) is 11.8 Å². The molecule has 8 nitrogen and oxygen atoms in total. The van der Waals surface area contributed by atoms with Crippen LogP contribution in [0.2, 0.25) is 0 Å². The quantitative estimate of drug-likeness (QED) is 0.716. The van der Waals surface area contributed by atoms with Crippen molar-refractivity contribution in [3.05, 3.63) is 24.3 Å². The maximum Gasteiger partial charge on any atom is 0.326 e. The highest BCUT2D eigenvalue weighted by atomic mass is 32.2. The summed E-state index contributed by atoms with van der Waals surface area (Å²) in [6.45, 7) is 3.77. The number of aliphatic carboxylic acids is 1. The van der Waals surface area contributed by atoms with E-state index in [0.29, 0.717) is 25.1 Å². The Hall–Kier alpha value is -2.13. The minimum Gasteiger partial charge on any atom is -0.497 e. The molecule has 0 bridgehead atoms. The van der Waals surface area contributed by atoms with E-state index in [0.717, 1.165) is 0 Å². The molecule has 0 saturated carbocycles. The highest BCUT2D eigenvalue weighted by molar-refractivity contribution is 7.89. The fraction of sp³-hybridized carbons (Fsp3) is 0.556.